The Labute approximate surface area is 116 Å². The summed E-state index contributed by atoms with van der Waals surface area (Å²) in [7, 11) is 1.58. The number of nitrogens with one attached hydrogen (secondary N) is 2. The van der Waals surface area contributed by atoms with Crippen LogP contribution < -0.4 is 10.6 Å². The smallest absolute Gasteiger partial charge is 0.372 e. The Bertz CT molecular complexity index is 465. The molecule has 1 amide bonds. The maximum absolute atomic E-state index is 12.2. The van der Waals surface area contributed by atoms with Gasteiger partial charge < -0.3 is 10.6 Å². The minimum Gasteiger partial charge on any atom is -0.372 e. The van der Waals surface area contributed by atoms with Crippen LogP contribution in [0.2, 0.25) is 0 Å². The third kappa shape index (κ3) is 5.06. The van der Waals surface area contributed by atoms with Crippen LogP contribution in [0.15, 0.2) is 16.7 Å². The number of hydrogen-bond donors (Lipinski definition) is 2. The standard InChI is InChI=1S/C11H13BrF3N3O/c1-6(4-11(13,14)15)18-10(19)8-3-7(12)5-17-9(8)16-2/h3,5-6H,4H2,1-2H3,(H,16,17)(H,18,19). The van der Waals surface area contributed by atoms with Gasteiger partial charge >= 0.3 is 6.18 Å². The fourth-order valence-corrected chi connectivity index (χ4v) is 1.84. The second-order valence-corrected chi connectivity index (χ2v) is 4.91. The van der Waals surface area contributed by atoms with Crippen molar-refractivity contribution < 1.29 is 18.0 Å². The number of pyridine rings is 1. The van der Waals surface area contributed by atoms with Crippen molar-refractivity contribution in [2.45, 2.75) is 25.6 Å². The Morgan fingerprint density at radius 2 is 2.16 bits per heavy atom. The van der Waals surface area contributed by atoms with Gasteiger partial charge in [0.25, 0.3) is 5.91 Å². The molecule has 0 aliphatic carbocycles. The highest BCUT2D eigenvalue weighted by atomic mass is 79.9. The number of rotatable bonds is 4. The van der Waals surface area contributed by atoms with Gasteiger partial charge in [0, 0.05) is 23.8 Å². The highest BCUT2D eigenvalue weighted by Gasteiger charge is 2.31. The summed E-state index contributed by atoms with van der Waals surface area (Å²) in [5, 5.41) is 5.01. The fourth-order valence-electron chi connectivity index (χ4n) is 1.51. The molecule has 0 spiro atoms. The topological polar surface area (TPSA) is 54.0 Å². The van der Waals surface area contributed by atoms with Gasteiger partial charge in [-0.2, -0.15) is 13.2 Å². The zero-order chi connectivity index (χ0) is 14.6. The second kappa shape index (κ2) is 6.23. The van der Waals surface area contributed by atoms with Crippen LogP contribution in [0.3, 0.4) is 0 Å². The van der Waals surface area contributed by atoms with E-state index in [0.717, 1.165) is 0 Å². The molecule has 0 aromatic carbocycles. The van der Waals surface area contributed by atoms with Gasteiger partial charge in [0.2, 0.25) is 0 Å². The molecule has 1 atom stereocenters. The van der Waals surface area contributed by atoms with Crippen LogP contribution >= 0.6 is 15.9 Å². The zero-order valence-electron chi connectivity index (χ0n) is 10.3. The van der Waals surface area contributed by atoms with Crippen molar-refractivity contribution in [1.82, 2.24) is 10.3 Å². The first-order valence-corrected chi connectivity index (χ1v) is 6.23. The lowest BCUT2D eigenvalue weighted by Crippen LogP contribution is -2.36. The van der Waals surface area contributed by atoms with Crippen molar-refractivity contribution in [3.05, 3.63) is 22.3 Å². The van der Waals surface area contributed by atoms with Crippen LogP contribution in [0.1, 0.15) is 23.7 Å². The van der Waals surface area contributed by atoms with E-state index in [2.05, 4.69) is 31.5 Å². The first kappa shape index (κ1) is 15.7. The molecule has 0 bridgehead atoms. The molecule has 106 valence electrons. The van der Waals surface area contributed by atoms with Crippen molar-refractivity contribution in [3.8, 4) is 0 Å². The van der Waals surface area contributed by atoms with Crippen molar-refractivity contribution in [3.63, 3.8) is 0 Å². The van der Waals surface area contributed by atoms with E-state index in [0.29, 0.717) is 10.3 Å². The predicted octanol–water partition coefficient (Wildman–Crippen LogP) is 2.96. The van der Waals surface area contributed by atoms with Crippen LogP contribution in [0.25, 0.3) is 0 Å². The molecule has 1 aromatic rings. The summed E-state index contributed by atoms with van der Waals surface area (Å²) >= 11 is 3.16. The summed E-state index contributed by atoms with van der Waals surface area (Å²) < 4.78 is 37.1. The normalized spacial score (nSPS) is 12.9. The summed E-state index contributed by atoms with van der Waals surface area (Å²) in [5.41, 5.74) is 0.186. The number of carbonyl (C=O) groups excluding carboxylic acids is 1. The average molecular weight is 340 g/mol. The lowest BCUT2D eigenvalue weighted by Gasteiger charge is -2.16. The Hall–Kier alpha value is -1.31. The number of nitrogens with zero attached hydrogens (tertiary/aromatic N) is 1. The number of alkyl halides is 3. The Balaban J connectivity index is 2.81. The first-order chi connectivity index (χ1) is 8.73. The predicted molar refractivity (Wildman–Crippen MR) is 69.1 cm³/mol. The SMILES string of the molecule is CNc1ncc(Br)cc1C(=O)NC(C)CC(F)(F)F. The van der Waals surface area contributed by atoms with Gasteiger partial charge in [0.05, 0.1) is 12.0 Å². The van der Waals surface area contributed by atoms with Gasteiger partial charge in [-0.1, -0.05) is 0 Å². The van der Waals surface area contributed by atoms with E-state index in [1.165, 1.54) is 19.2 Å². The number of aromatic nitrogens is 1. The fraction of sp³-hybridized carbons (Fsp3) is 0.455. The van der Waals surface area contributed by atoms with E-state index >= 15 is 0 Å². The highest BCUT2D eigenvalue weighted by Crippen LogP contribution is 2.22. The summed E-state index contributed by atoms with van der Waals surface area (Å²) in [6.45, 7) is 1.30. The van der Waals surface area contributed by atoms with Crippen LogP contribution in [-0.2, 0) is 0 Å². The van der Waals surface area contributed by atoms with E-state index < -0.39 is 24.5 Å². The van der Waals surface area contributed by atoms with E-state index in [-0.39, 0.29) is 5.56 Å². The minimum atomic E-state index is -4.31. The van der Waals surface area contributed by atoms with Crippen molar-refractivity contribution in [2.75, 3.05) is 12.4 Å². The van der Waals surface area contributed by atoms with E-state index in [1.807, 2.05) is 0 Å². The number of anilines is 1. The maximum Gasteiger partial charge on any atom is 0.391 e. The number of carbonyl (C=O) groups is 1. The molecule has 4 nitrogen and oxygen atoms in total. The van der Waals surface area contributed by atoms with E-state index in [1.54, 1.807) is 7.05 Å². The monoisotopic (exact) mass is 339 g/mol. The molecule has 0 radical (unpaired) electrons. The Morgan fingerprint density at radius 1 is 1.53 bits per heavy atom. The molecule has 19 heavy (non-hydrogen) atoms. The highest BCUT2D eigenvalue weighted by molar-refractivity contribution is 9.10. The molecule has 8 heteroatoms. The summed E-state index contributed by atoms with van der Waals surface area (Å²) in [6, 6.07) is 0.491. The maximum atomic E-state index is 12.2. The van der Waals surface area contributed by atoms with Gasteiger partial charge in [0.1, 0.15) is 5.82 Å². The second-order valence-electron chi connectivity index (χ2n) is 3.99. The Kier molecular flexibility index (Phi) is 5.16. The quantitative estimate of drug-likeness (QED) is 0.886. The average Bonchev–Trinajstić information content (AvgIpc) is 2.26. The summed E-state index contributed by atoms with van der Waals surface area (Å²) in [5.74, 6) is -0.296. The van der Waals surface area contributed by atoms with Gasteiger partial charge in [-0.25, -0.2) is 4.98 Å². The van der Waals surface area contributed by atoms with Crippen LogP contribution in [-0.4, -0.2) is 30.2 Å². The zero-order valence-corrected chi connectivity index (χ0v) is 11.9. The van der Waals surface area contributed by atoms with Crippen LogP contribution in [0, 0.1) is 0 Å². The first-order valence-electron chi connectivity index (χ1n) is 5.44. The lowest BCUT2D eigenvalue weighted by atomic mass is 10.2. The van der Waals surface area contributed by atoms with Crippen molar-refractivity contribution in [1.29, 1.82) is 0 Å². The minimum absolute atomic E-state index is 0.186. The summed E-state index contributed by atoms with van der Waals surface area (Å²) in [4.78, 5) is 15.9. The molecule has 1 rings (SSSR count). The molecule has 1 aromatic heterocycles. The summed E-state index contributed by atoms with van der Waals surface area (Å²) in [6.07, 6.45) is -3.90. The Morgan fingerprint density at radius 3 is 2.68 bits per heavy atom. The molecular weight excluding hydrogens is 327 g/mol. The largest absolute Gasteiger partial charge is 0.391 e. The van der Waals surface area contributed by atoms with E-state index in [4.69, 9.17) is 0 Å². The molecule has 0 saturated heterocycles. The van der Waals surface area contributed by atoms with Crippen molar-refractivity contribution >= 4 is 27.7 Å². The van der Waals surface area contributed by atoms with Crippen LogP contribution in [0.5, 0.6) is 0 Å². The van der Waals surface area contributed by atoms with Gasteiger partial charge in [-0.15, -0.1) is 0 Å². The molecule has 1 heterocycles. The molecular formula is C11H13BrF3N3O. The van der Waals surface area contributed by atoms with E-state index in [9.17, 15) is 18.0 Å². The van der Waals surface area contributed by atoms with Gasteiger partial charge in [-0.3, -0.25) is 4.79 Å². The van der Waals surface area contributed by atoms with Crippen LogP contribution in [0.4, 0.5) is 19.0 Å². The number of halogens is 4. The lowest BCUT2D eigenvalue weighted by molar-refractivity contribution is -0.138. The number of hydrogen-bond acceptors (Lipinski definition) is 3. The number of amides is 1. The molecule has 0 saturated carbocycles. The molecule has 1 unspecified atom stereocenters. The van der Waals surface area contributed by atoms with Crippen molar-refractivity contribution in [2.24, 2.45) is 0 Å². The molecule has 0 aliphatic heterocycles. The molecule has 0 aliphatic rings. The third-order valence-corrected chi connectivity index (χ3v) is 2.68. The molecule has 2 N–H and O–H groups in total. The van der Waals surface area contributed by atoms with Gasteiger partial charge in [0.15, 0.2) is 0 Å². The third-order valence-electron chi connectivity index (χ3n) is 2.25. The van der Waals surface area contributed by atoms with Gasteiger partial charge in [-0.05, 0) is 28.9 Å². The molecule has 0 fully saturated rings.